The molecule has 1 aliphatic carbocycles. The standard InChI is InChI=1S/C29H29F2N5O6S/c1-19(29(38,16-35-18-32-17-33-35)24-8-7-21(30)13-25(24)31)43-23-14-41-27(42-15-23)28(36(39)40)11-9-20(10-12-28)26(37)34-22-5-3-2-4-6-22/h2-11,13,17-19,23,27,38H,12,14-16H2,1H3,(H,34,37)/t19-,23?,27?,28?,29-/m1/s1. The molecule has 11 nitrogen and oxygen atoms in total. The van der Waals surface area contributed by atoms with Gasteiger partial charge < -0.3 is 19.9 Å². The van der Waals surface area contributed by atoms with E-state index in [1.165, 1.54) is 53.4 Å². The van der Waals surface area contributed by atoms with E-state index in [0.29, 0.717) is 11.8 Å². The molecule has 0 spiro atoms. The minimum Gasteiger partial charge on any atom is -0.382 e. The molecule has 1 amide bonds. The summed E-state index contributed by atoms with van der Waals surface area (Å²) >= 11 is 1.24. The largest absolute Gasteiger partial charge is 0.382 e. The molecule has 3 aromatic rings. The van der Waals surface area contributed by atoms with E-state index in [4.69, 9.17) is 9.47 Å². The number of nitro groups is 1. The number of hydrogen-bond acceptors (Lipinski definition) is 9. The number of nitrogens with one attached hydrogen (secondary N) is 1. The highest BCUT2D eigenvalue weighted by atomic mass is 32.2. The molecule has 226 valence electrons. The normalized spacial score (nSPS) is 24.0. The van der Waals surface area contributed by atoms with Gasteiger partial charge in [-0.3, -0.25) is 14.9 Å². The number of para-hydroxylation sites is 1. The lowest BCUT2D eigenvalue weighted by atomic mass is 9.88. The second-order valence-corrected chi connectivity index (χ2v) is 12.0. The molecule has 0 bridgehead atoms. The van der Waals surface area contributed by atoms with Gasteiger partial charge in [0.2, 0.25) is 6.29 Å². The number of hydrogen-bond donors (Lipinski definition) is 2. The van der Waals surface area contributed by atoms with Crippen molar-refractivity contribution in [3.63, 3.8) is 0 Å². The van der Waals surface area contributed by atoms with Gasteiger partial charge in [0.1, 0.15) is 29.9 Å². The molecule has 3 atom stereocenters. The molecule has 2 aromatic carbocycles. The van der Waals surface area contributed by atoms with E-state index in [1.807, 2.05) is 6.07 Å². The van der Waals surface area contributed by atoms with Gasteiger partial charge in [-0.2, -0.15) is 5.10 Å². The molecule has 5 rings (SSSR count). The highest BCUT2D eigenvalue weighted by molar-refractivity contribution is 8.00. The van der Waals surface area contributed by atoms with Crippen LogP contribution < -0.4 is 5.32 Å². The molecular formula is C29H29F2N5O6S. The maximum Gasteiger partial charge on any atom is 0.293 e. The highest BCUT2D eigenvalue weighted by Gasteiger charge is 2.53. The third-order valence-corrected chi connectivity index (χ3v) is 8.90. The minimum atomic E-state index is -1.83. The number of ether oxygens (including phenoxy) is 2. The number of anilines is 1. The van der Waals surface area contributed by atoms with E-state index in [0.717, 1.165) is 6.07 Å². The predicted octanol–water partition coefficient (Wildman–Crippen LogP) is 3.85. The fourth-order valence-corrected chi connectivity index (χ4v) is 6.34. The van der Waals surface area contributed by atoms with E-state index in [-0.39, 0.29) is 42.6 Å². The van der Waals surface area contributed by atoms with Crippen molar-refractivity contribution in [1.29, 1.82) is 0 Å². The van der Waals surface area contributed by atoms with Crippen LogP contribution in [0.5, 0.6) is 0 Å². The van der Waals surface area contributed by atoms with Crippen molar-refractivity contribution in [2.45, 2.75) is 47.8 Å². The smallest absolute Gasteiger partial charge is 0.293 e. The van der Waals surface area contributed by atoms with Crippen LogP contribution in [-0.4, -0.2) is 66.2 Å². The Labute approximate surface area is 249 Å². The number of benzene rings is 2. The van der Waals surface area contributed by atoms with Crippen LogP contribution in [0, 0.1) is 21.7 Å². The number of carbonyl (C=O) groups excluding carboxylic acids is 1. The molecule has 43 heavy (non-hydrogen) atoms. The summed E-state index contributed by atoms with van der Waals surface area (Å²) in [6, 6.07) is 11.8. The number of aromatic nitrogens is 3. The van der Waals surface area contributed by atoms with E-state index in [9.17, 15) is 28.8 Å². The van der Waals surface area contributed by atoms with Crippen LogP contribution in [-0.2, 0) is 26.4 Å². The number of nitrogens with zero attached hydrogens (tertiary/aromatic N) is 4. The number of amides is 1. The molecule has 2 heterocycles. The Morgan fingerprint density at radius 1 is 1.28 bits per heavy atom. The summed E-state index contributed by atoms with van der Waals surface area (Å²) in [4.78, 5) is 28.3. The van der Waals surface area contributed by atoms with Gasteiger partial charge in [0.15, 0.2) is 0 Å². The number of thioether (sulfide) groups is 1. The van der Waals surface area contributed by atoms with Gasteiger partial charge in [0.05, 0.1) is 25.0 Å². The van der Waals surface area contributed by atoms with Crippen LogP contribution in [0.1, 0.15) is 18.9 Å². The van der Waals surface area contributed by atoms with Crippen LogP contribution in [0.15, 0.2) is 85.0 Å². The van der Waals surface area contributed by atoms with Gasteiger partial charge in [-0.25, -0.2) is 18.4 Å². The first-order valence-electron chi connectivity index (χ1n) is 13.4. The lowest BCUT2D eigenvalue weighted by molar-refractivity contribution is -0.584. The van der Waals surface area contributed by atoms with Crippen molar-refractivity contribution in [3.05, 3.63) is 112 Å². The van der Waals surface area contributed by atoms with Crippen LogP contribution in [0.3, 0.4) is 0 Å². The Kier molecular flexibility index (Phi) is 9.01. The van der Waals surface area contributed by atoms with Gasteiger partial charge in [0.25, 0.3) is 11.4 Å². The van der Waals surface area contributed by atoms with Crippen LogP contribution in [0.2, 0.25) is 0 Å². The zero-order valence-electron chi connectivity index (χ0n) is 23.0. The fourth-order valence-electron chi connectivity index (χ4n) is 5.02. The summed E-state index contributed by atoms with van der Waals surface area (Å²) < 4.78 is 41.6. The summed E-state index contributed by atoms with van der Waals surface area (Å²) in [6.45, 7) is 1.60. The van der Waals surface area contributed by atoms with E-state index >= 15 is 0 Å². The minimum absolute atomic E-state index is 0.0411. The predicted molar refractivity (Wildman–Crippen MR) is 153 cm³/mol. The second-order valence-electron chi connectivity index (χ2n) is 10.3. The van der Waals surface area contributed by atoms with Crippen molar-refractivity contribution in [2.75, 3.05) is 18.5 Å². The van der Waals surface area contributed by atoms with Crippen LogP contribution in [0.25, 0.3) is 0 Å². The van der Waals surface area contributed by atoms with Crippen molar-refractivity contribution in [1.82, 2.24) is 14.8 Å². The van der Waals surface area contributed by atoms with Crippen LogP contribution in [0.4, 0.5) is 14.5 Å². The molecule has 0 saturated carbocycles. The molecule has 0 radical (unpaired) electrons. The Morgan fingerprint density at radius 3 is 2.63 bits per heavy atom. The summed E-state index contributed by atoms with van der Waals surface area (Å²) in [6.07, 6.45) is 5.49. The number of aliphatic hydroxyl groups is 1. The zero-order chi connectivity index (χ0) is 30.6. The topological polar surface area (TPSA) is 142 Å². The first kappa shape index (κ1) is 30.5. The molecule has 1 saturated heterocycles. The summed E-state index contributed by atoms with van der Waals surface area (Å²) in [5.41, 5.74) is -2.82. The molecule has 2 aliphatic rings. The molecular weight excluding hydrogens is 584 g/mol. The van der Waals surface area contributed by atoms with Gasteiger partial charge in [-0.05, 0) is 30.4 Å². The Hall–Kier alpha value is -3.98. The fraction of sp³-hybridized carbons (Fsp3) is 0.345. The van der Waals surface area contributed by atoms with Crippen LogP contribution >= 0.6 is 11.8 Å². The average molecular weight is 614 g/mol. The first-order chi connectivity index (χ1) is 20.6. The molecule has 1 unspecified atom stereocenters. The van der Waals surface area contributed by atoms with E-state index < -0.39 is 45.1 Å². The van der Waals surface area contributed by atoms with Gasteiger partial charge in [-0.15, -0.1) is 11.8 Å². The SMILES string of the molecule is C[C@@H](SC1COC(C2([N+](=O)[O-])C=CC(C(=O)Nc3ccccc3)=CC2)OC1)[C@](O)(Cn1cncn1)c1ccc(F)cc1F. The Balaban J connectivity index is 1.25. The maximum atomic E-state index is 14.9. The summed E-state index contributed by atoms with van der Waals surface area (Å²) in [5.74, 6) is -2.08. The Bertz CT molecular complexity index is 1520. The number of halogens is 2. The number of carbonyl (C=O) groups is 1. The van der Waals surface area contributed by atoms with E-state index in [1.54, 1.807) is 31.2 Å². The molecule has 1 fully saturated rings. The molecule has 2 N–H and O–H groups in total. The third-order valence-electron chi connectivity index (χ3n) is 7.45. The Morgan fingerprint density at radius 2 is 2.02 bits per heavy atom. The quantitative estimate of drug-likeness (QED) is 0.258. The van der Waals surface area contributed by atoms with Crippen molar-refractivity contribution in [3.8, 4) is 0 Å². The summed E-state index contributed by atoms with van der Waals surface area (Å²) in [7, 11) is 0. The number of rotatable bonds is 10. The van der Waals surface area contributed by atoms with E-state index in [2.05, 4.69) is 15.4 Å². The lowest BCUT2D eigenvalue weighted by Gasteiger charge is -2.39. The molecule has 14 heteroatoms. The average Bonchev–Trinajstić information content (AvgIpc) is 3.50. The van der Waals surface area contributed by atoms with Gasteiger partial charge in [-0.1, -0.05) is 37.3 Å². The lowest BCUT2D eigenvalue weighted by Crippen LogP contribution is -2.54. The summed E-state index contributed by atoms with van der Waals surface area (Å²) in [5, 5.41) is 29.7. The van der Waals surface area contributed by atoms with Crippen molar-refractivity contribution in [2.24, 2.45) is 0 Å². The van der Waals surface area contributed by atoms with Gasteiger partial charge >= 0.3 is 0 Å². The maximum absolute atomic E-state index is 14.9. The van der Waals surface area contributed by atoms with Crippen molar-refractivity contribution >= 4 is 23.4 Å². The zero-order valence-corrected chi connectivity index (χ0v) is 23.8. The molecule has 1 aromatic heterocycles. The monoisotopic (exact) mass is 613 g/mol. The first-order valence-corrected chi connectivity index (χ1v) is 14.3. The third kappa shape index (κ3) is 6.51. The van der Waals surface area contributed by atoms with Gasteiger partial charge in [0, 0.05) is 39.5 Å². The molecule has 1 aliphatic heterocycles. The van der Waals surface area contributed by atoms with Crippen molar-refractivity contribution < 1.29 is 33.1 Å². The second kappa shape index (κ2) is 12.7. The highest BCUT2D eigenvalue weighted by Crippen LogP contribution is 2.40.